The van der Waals surface area contributed by atoms with Gasteiger partial charge in [0.05, 0.1) is 0 Å². The Morgan fingerprint density at radius 3 is 2.83 bits per heavy atom. The molecule has 0 aliphatic carbocycles. The van der Waals surface area contributed by atoms with Gasteiger partial charge in [-0.15, -0.1) is 0 Å². The van der Waals surface area contributed by atoms with Gasteiger partial charge in [-0.25, -0.2) is 0 Å². The molecule has 0 unspecified atom stereocenters. The minimum absolute atomic E-state index is 0.693. The first kappa shape index (κ1) is 8.81. The van der Waals surface area contributed by atoms with Gasteiger partial charge in [-0.2, -0.15) is 0 Å². The van der Waals surface area contributed by atoms with Crippen molar-refractivity contribution in [3.63, 3.8) is 0 Å². The Labute approximate surface area is 72.9 Å². The van der Waals surface area contributed by atoms with Crippen LogP contribution in [0.3, 0.4) is 0 Å². The standard InChI is InChI=1S/C10H14N2/c11-7-2-1-4-9-5-3-6-10(12)8-9/h1,3-6,8H,2,7,11-12H2/b4-1-. The lowest BCUT2D eigenvalue weighted by Crippen LogP contribution is -1.94. The van der Waals surface area contributed by atoms with Gasteiger partial charge < -0.3 is 11.5 Å². The second-order valence-electron chi connectivity index (χ2n) is 2.65. The Morgan fingerprint density at radius 1 is 1.33 bits per heavy atom. The summed E-state index contributed by atoms with van der Waals surface area (Å²) in [5.74, 6) is 0. The van der Waals surface area contributed by atoms with Crippen LogP contribution in [0.1, 0.15) is 12.0 Å². The van der Waals surface area contributed by atoms with Crippen LogP contribution in [-0.2, 0) is 0 Å². The fraction of sp³-hybridized carbons (Fsp3) is 0.200. The van der Waals surface area contributed by atoms with Gasteiger partial charge in [0.15, 0.2) is 0 Å². The number of hydrogen-bond acceptors (Lipinski definition) is 2. The van der Waals surface area contributed by atoms with E-state index in [4.69, 9.17) is 11.5 Å². The minimum atomic E-state index is 0.693. The van der Waals surface area contributed by atoms with Crippen LogP contribution < -0.4 is 11.5 Å². The molecule has 1 aromatic carbocycles. The highest BCUT2D eigenvalue weighted by Gasteiger charge is 1.86. The van der Waals surface area contributed by atoms with Gasteiger partial charge in [-0.05, 0) is 30.7 Å². The summed E-state index contributed by atoms with van der Waals surface area (Å²) in [6.45, 7) is 0.693. The first-order chi connectivity index (χ1) is 5.83. The molecule has 64 valence electrons. The number of nitrogens with two attached hydrogens (primary N) is 2. The Balaban J connectivity index is 2.63. The molecule has 2 nitrogen and oxygen atoms in total. The zero-order valence-electron chi connectivity index (χ0n) is 7.03. The molecule has 12 heavy (non-hydrogen) atoms. The van der Waals surface area contributed by atoms with Crippen molar-refractivity contribution >= 4 is 11.8 Å². The molecule has 4 N–H and O–H groups in total. The Hall–Kier alpha value is -1.28. The molecule has 0 bridgehead atoms. The van der Waals surface area contributed by atoms with Crippen LogP contribution in [0.15, 0.2) is 30.3 Å². The fourth-order valence-electron chi connectivity index (χ4n) is 0.978. The van der Waals surface area contributed by atoms with E-state index in [1.54, 1.807) is 0 Å². The van der Waals surface area contributed by atoms with E-state index in [1.165, 1.54) is 0 Å². The molecule has 0 saturated carbocycles. The fourth-order valence-corrected chi connectivity index (χ4v) is 0.978. The Kier molecular flexibility index (Phi) is 3.35. The van der Waals surface area contributed by atoms with Crippen LogP contribution >= 0.6 is 0 Å². The second-order valence-corrected chi connectivity index (χ2v) is 2.65. The van der Waals surface area contributed by atoms with Crippen molar-refractivity contribution in [3.05, 3.63) is 35.9 Å². The summed E-state index contributed by atoms with van der Waals surface area (Å²) in [5, 5.41) is 0. The maximum atomic E-state index is 5.60. The lowest BCUT2D eigenvalue weighted by atomic mass is 10.2. The molecule has 1 aromatic rings. The van der Waals surface area contributed by atoms with Crippen molar-refractivity contribution in [1.82, 2.24) is 0 Å². The summed E-state index contributed by atoms with van der Waals surface area (Å²) < 4.78 is 0. The lowest BCUT2D eigenvalue weighted by molar-refractivity contribution is 1.01. The van der Waals surface area contributed by atoms with Crippen molar-refractivity contribution in [3.8, 4) is 0 Å². The average molecular weight is 162 g/mol. The van der Waals surface area contributed by atoms with Gasteiger partial charge in [0.2, 0.25) is 0 Å². The number of hydrogen-bond donors (Lipinski definition) is 2. The van der Waals surface area contributed by atoms with Crippen LogP contribution in [0.5, 0.6) is 0 Å². The molecule has 0 amide bonds. The first-order valence-corrected chi connectivity index (χ1v) is 4.05. The monoisotopic (exact) mass is 162 g/mol. The average Bonchev–Trinajstić information content (AvgIpc) is 2.05. The van der Waals surface area contributed by atoms with Crippen LogP contribution in [0, 0.1) is 0 Å². The molecule has 0 saturated heterocycles. The highest BCUT2D eigenvalue weighted by Crippen LogP contribution is 2.08. The van der Waals surface area contributed by atoms with Gasteiger partial charge in [-0.1, -0.05) is 24.3 Å². The van der Waals surface area contributed by atoms with Gasteiger partial charge in [0, 0.05) is 5.69 Å². The van der Waals surface area contributed by atoms with E-state index in [0.717, 1.165) is 17.7 Å². The minimum Gasteiger partial charge on any atom is -0.399 e. The predicted molar refractivity (Wildman–Crippen MR) is 53.6 cm³/mol. The van der Waals surface area contributed by atoms with Crippen LogP contribution in [0.25, 0.3) is 6.08 Å². The maximum Gasteiger partial charge on any atom is 0.0319 e. The molecule has 0 heterocycles. The topological polar surface area (TPSA) is 52.0 Å². The van der Waals surface area contributed by atoms with E-state index in [2.05, 4.69) is 6.08 Å². The van der Waals surface area contributed by atoms with Gasteiger partial charge in [-0.3, -0.25) is 0 Å². The largest absolute Gasteiger partial charge is 0.399 e. The summed E-state index contributed by atoms with van der Waals surface area (Å²) >= 11 is 0. The number of benzene rings is 1. The molecule has 2 heteroatoms. The first-order valence-electron chi connectivity index (χ1n) is 4.05. The van der Waals surface area contributed by atoms with E-state index in [9.17, 15) is 0 Å². The predicted octanol–water partition coefficient (Wildman–Crippen LogP) is 1.63. The summed E-state index contributed by atoms with van der Waals surface area (Å²) in [5.41, 5.74) is 12.9. The van der Waals surface area contributed by atoms with E-state index in [-0.39, 0.29) is 0 Å². The molecule has 0 aromatic heterocycles. The third kappa shape index (κ3) is 2.76. The molecule has 0 spiro atoms. The third-order valence-corrected chi connectivity index (χ3v) is 1.55. The third-order valence-electron chi connectivity index (χ3n) is 1.55. The highest BCUT2D eigenvalue weighted by atomic mass is 14.5. The SMILES string of the molecule is NCC/C=C\c1cccc(N)c1. The van der Waals surface area contributed by atoms with E-state index in [1.807, 2.05) is 30.3 Å². The lowest BCUT2D eigenvalue weighted by Gasteiger charge is -1.94. The zero-order chi connectivity index (χ0) is 8.81. The van der Waals surface area contributed by atoms with E-state index >= 15 is 0 Å². The molecular weight excluding hydrogens is 148 g/mol. The van der Waals surface area contributed by atoms with E-state index in [0.29, 0.717) is 6.54 Å². The molecule has 0 atom stereocenters. The molecule has 0 fully saturated rings. The number of anilines is 1. The normalized spacial score (nSPS) is 10.8. The summed E-state index contributed by atoms with van der Waals surface area (Å²) in [4.78, 5) is 0. The van der Waals surface area contributed by atoms with Gasteiger partial charge >= 0.3 is 0 Å². The molecular formula is C10H14N2. The maximum absolute atomic E-state index is 5.60. The molecule has 0 radical (unpaired) electrons. The van der Waals surface area contributed by atoms with Crippen molar-refractivity contribution < 1.29 is 0 Å². The smallest absolute Gasteiger partial charge is 0.0319 e. The number of rotatable bonds is 3. The molecule has 1 rings (SSSR count). The summed E-state index contributed by atoms with van der Waals surface area (Å²) in [7, 11) is 0. The Morgan fingerprint density at radius 2 is 2.17 bits per heavy atom. The quantitative estimate of drug-likeness (QED) is 0.664. The van der Waals surface area contributed by atoms with E-state index < -0.39 is 0 Å². The highest BCUT2D eigenvalue weighted by molar-refractivity contribution is 5.55. The van der Waals surface area contributed by atoms with Gasteiger partial charge in [0.1, 0.15) is 0 Å². The van der Waals surface area contributed by atoms with Gasteiger partial charge in [0.25, 0.3) is 0 Å². The zero-order valence-corrected chi connectivity index (χ0v) is 7.03. The van der Waals surface area contributed by atoms with Crippen molar-refractivity contribution in [2.75, 3.05) is 12.3 Å². The van der Waals surface area contributed by atoms with Crippen molar-refractivity contribution in [2.45, 2.75) is 6.42 Å². The van der Waals surface area contributed by atoms with Crippen LogP contribution in [0.2, 0.25) is 0 Å². The Bertz CT molecular complexity index is 266. The second kappa shape index (κ2) is 4.57. The number of nitrogen functional groups attached to an aromatic ring is 1. The van der Waals surface area contributed by atoms with Crippen LogP contribution in [0.4, 0.5) is 5.69 Å². The summed E-state index contributed by atoms with van der Waals surface area (Å²) in [6.07, 6.45) is 4.99. The summed E-state index contributed by atoms with van der Waals surface area (Å²) in [6, 6.07) is 7.77. The molecule has 0 aliphatic heterocycles. The van der Waals surface area contributed by atoms with Crippen molar-refractivity contribution in [1.29, 1.82) is 0 Å². The molecule has 0 aliphatic rings. The van der Waals surface area contributed by atoms with Crippen molar-refractivity contribution in [2.24, 2.45) is 5.73 Å². The van der Waals surface area contributed by atoms with Crippen LogP contribution in [-0.4, -0.2) is 6.54 Å².